The molecule has 0 unspecified atom stereocenters. The Labute approximate surface area is 118 Å². The van der Waals surface area contributed by atoms with Crippen LogP contribution in [-0.4, -0.2) is 49.6 Å². The smallest absolute Gasteiger partial charge is 0.308 e. The molecule has 2 fully saturated rings. The van der Waals surface area contributed by atoms with Gasteiger partial charge in [0.15, 0.2) is 12.2 Å². The SMILES string of the molecule is CC(C)C(=O)O[C@H]1CO[C@H]2[C@@H]1OC[C@H]2OC(=O)C(C)C. The molecule has 4 atom stereocenters. The van der Waals surface area contributed by atoms with Gasteiger partial charge in [0, 0.05) is 0 Å². The highest BCUT2D eigenvalue weighted by atomic mass is 16.7. The normalized spacial score (nSPS) is 32.5. The van der Waals surface area contributed by atoms with E-state index < -0.39 is 12.2 Å². The van der Waals surface area contributed by atoms with Crippen LogP contribution in [0.2, 0.25) is 0 Å². The molecule has 0 saturated carbocycles. The minimum absolute atomic E-state index is 0.190. The molecule has 0 spiro atoms. The van der Waals surface area contributed by atoms with E-state index >= 15 is 0 Å². The van der Waals surface area contributed by atoms with Crippen molar-refractivity contribution in [2.24, 2.45) is 11.8 Å². The molecule has 2 rings (SSSR count). The third kappa shape index (κ3) is 3.12. The molecule has 2 aliphatic heterocycles. The zero-order valence-electron chi connectivity index (χ0n) is 12.3. The zero-order chi connectivity index (χ0) is 14.9. The molecule has 0 aromatic heterocycles. The standard InChI is InChI=1S/C14H22O6/c1-7(2)13(15)19-9-5-17-12-10(6-18-11(9)12)20-14(16)8(3)4/h7-12H,5-6H2,1-4H3/t9-,10+,11-,12-/m1/s1. The third-order valence-corrected chi connectivity index (χ3v) is 3.44. The van der Waals surface area contributed by atoms with Gasteiger partial charge in [-0.1, -0.05) is 27.7 Å². The highest BCUT2D eigenvalue weighted by Crippen LogP contribution is 2.31. The zero-order valence-corrected chi connectivity index (χ0v) is 12.3. The summed E-state index contributed by atoms with van der Waals surface area (Å²) in [6.07, 6.45) is -1.53. The monoisotopic (exact) mass is 286 g/mol. The molecule has 2 heterocycles. The maximum absolute atomic E-state index is 11.6. The van der Waals surface area contributed by atoms with E-state index in [4.69, 9.17) is 18.9 Å². The fraction of sp³-hybridized carbons (Fsp3) is 0.857. The van der Waals surface area contributed by atoms with Crippen LogP contribution in [0.25, 0.3) is 0 Å². The number of hydrogen-bond acceptors (Lipinski definition) is 6. The van der Waals surface area contributed by atoms with Crippen molar-refractivity contribution in [3.63, 3.8) is 0 Å². The fourth-order valence-electron chi connectivity index (χ4n) is 2.20. The molecule has 6 nitrogen and oxygen atoms in total. The Morgan fingerprint density at radius 1 is 0.850 bits per heavy atom. The van der Waals surface area contributed by atoms with Crippen molar-refractivity contribution in [1.82, 2.24) is 0 Å². The minimum Gasteiger partial charge on any atom is -0.457 e. The van der Waals surface area contributed by atoms with Crippen LogP contribution in [0.4, 0.5) is 0 Å². The molecule has 0 aromatic rings. The van der Waals surface area contributed by atoms with Gasteiger partial charge >= 0.3 is 11.9 Å². The first-order valence-electron chi connectivity index (χ1n) is 7.04. The van der Waals surface area contributed by atoms with Crippen LogP contribution >= 0.6 is 0 Å². The van der Waals surface area contributed by atoms with E-state index in [0.29, 0.717) is 0 Å². The predicted molar refractivity (Wildman–Crippen MR) is 68.9 cm³/mol. The molecule has 0 radical (unpaired) electrons. The van der Waals surface area contributed by atoms with Gasteiger partial charge in [0.05, 0.1) is 25.0 Å². The van der Waals surface area contributed by atoms with Gasteiger partial charge in [-0.25, -0.2) is 0 Å². The van der Waals surface area contributed by atoms with Crippen LogP contribution < -0.4 is 0 Å². The Morgan fingerprint density at radius 2 is 1.20 bits per heavy atom. The van der Waals surface area contributed by atoms with E-state index in [0.717, 1.165) is 0 Å². The molecule has 20 heavy (non-hydrogen) atoms. The number of fused-ring (bicyclic) bond motifs is 1. The van der Waals surface area contributed by atoms with E-state index in [2.05, 4.69) is 0 Å². The first-order chi connectivity index (χ1) is 9.40. The first-order valence-corrected chi connectivity index (χ1v) is 7.04. The Morgan fingerprint density at radius 3 is 1.50 bits per heavy atom. The van der Waals surface area contributed by atoms with E-state index in [1.807, 2.05) is 0 Å². The molecule has 0 N–H and O–H groups in total. The summed E-state index contributed by atoms with van der Waals surface area (Å²) in [5.74, 6) is -0.925. The number of rotatable bonds is 4. The second-order valence-corrected chi connectivity index (χ2v) is 5.86. The van der Waals surface area contributed by atoms with Crippen molar-refractivity contribution >= 4 is 11.9 Å². The highest BCUT2D eigenvalue weighted by molar-refractivity contribution is 5.72. The van der Waals surface area contributed by atoms with Crippen molar-refractivity contribution in [2.45, 2.75) is 52.1 Å². The summed E-state index contributed by atoms with van der Waals surface area (Å²) < 4.78 is 21.9. The molecule has 114 valence electrons. The van der Waals surface area contributed by atoms with Crippen LogP contribution in [0.5, 0.6) is 0 Å². The molecule has 0 aromatic carbocycles. The van der Waals surface area contributed by atoms with Gasteiger partial charge in [-0.15, -0.1) is 0 Å². The number of ether oxygens (including phenoxy) is 4. The summed E-state index contributed by atoms with van der Waals surface area (Å²) in [5, 5.41) is 0. The Bertz CT molecular complexity index is 342. The minimum atomic E-state index is -0.419. The van der Waals surface area contributed by atoms with E-state index in [-0.39, 0.29) is 49.2 Å². The Balaban J connectivity index is 1.91. The van der Waals surface area contributed by atoms with Crippen LogP contribution in [0.1, 0.15) is 27.7 Å². The summed E-state index contributed by atoms with van der Waals surface area (Å²) >= 11 is 0. The summed E-state index contributed by atoms with van der Waals surface area (Å²) in [4.78, 5) is 23.2. The second-order valence-electron chi connectivity index (χ2n) is 5.86. The van der Waals surface area contributed by atoms with Gasteiger partial charge in [-0.2, -0.15) is 0 Å². The lowest BCUT2D eigenvalue weighted by atomic mass is 10.1. The third-order valence-electron chi connectivity index (χ3n) is 3.44. The van der Waals surface area contributed by atoms with Gasteiger partial charge in [-0.05, 0) is 0 Å². The van der Waals surface area contributed by atoms with Gasteiger partial charge in [-0.3, -0.25) is 9.59 Å². The number of esters is 2. The molecular weight excluding hydrogens is 264 g/mol. The summed E-state index contributed by atoms with van der Waals surface area (Å²) in [5.41, 5.74) is 0. The summed E-state index contributed by atoms with van der Waals surface area (Å²) in [6.45, 7) is 7.67. The number of hydrogen-bond donors (Lipinski definition) is 0. The molecule has 0 bridgehead atoms. The average molecular weight is 286 g/mol. The molecule has 0 amide bonds. The van der Waals surface area contributed by atoms with Crippen molar-refractivity contribution in [3.05, 3.63) is 0 Å². The predicted octanol–water partition coefficient (Wildman–Crippen LogP) is 0.920. The fourth-order valence-corrected chi connectivity index (χ4v) is 2.20. The summed E-state index contributed by atoms with van der Waals surface area (Å²) in [7, 11) is 0. The van der Waals surface area contributed by atoms with E-state index in [1.54, 1.807) is 27.7 Å². The van der Waals surface area contributed by atoms with E-state index in [1.165, 1.54) is 0 Å². The molecule has 0 aliphatic carbocycles. The van der Waals surface area contributed by atoms with Gasteiger partial charge in [0.2, 0.25) is 0 Å². The van der Waals surface area contributed by atoms with Crippen molar-refractivity contribution in [1.29, 1.82) is 0 Å². The van der Waals surface area contributed by atoms with Gasteiger partial charge in [0.25, 0.3) is 0 Å². The maximum atomic E-state index is 11.6. The number of carbonyl (C=O) groups excluding carboxylic acids is 2. The van der Waals surface area contributed by atoms with Crippen molar-refractivity contribution in [2.75, 3.05) is 13.2 Å². The highest BCUT2D eigenvalue weighted by Gasteiger charge is 2.51. The molecule has 2 saturated heterocycles. The van der Waals surface area contributed by atoms with E-state index in [9.17, 15) is 9.59 Å². The molecular formula is C14H22O6. The Kier molecular flexibility index (Phi) is 4.65. The lowest BCUT2D eigenvalue weighted by Gasteiger charge is -2.18. The lowest BCUT2D eigenvalue weighted by Crippen LogP contribution is -2.37. The molecule has 6 heteroatoms. The van der Waals surface area contributed by atoms with Crippen molar-refractivity contribution in [3.8, 4) is 0 Å². The topological polar surface area (TPSA) is 71.1 Å². The number of carbonyl (C=O) groups is 2. The summed E-state index contributed by atoms with van der Waals surface area (Å²) in [6, 6.07) is 0. The Hall–Kier alpha value is -1.14. The molecule has 2 aliphatic rings. The quantitative estimate of drug-likeness (QED) is 0.716. The second kappa shape index (κ2) is 6.10. The van der Waals surface area contributed by atoms with Crippen molar-refractivity contribution < 1.29 is 28.5 Å². The van der Waals surface area contributed by atoms with Crippen LogP contribution in [0.3, 0.4) is 0 Å². The average Bonchev–Trinajstić information content (AvgIpc) is 2.93. The van der Waals surface area contributed by atoms with Gasteiger partial charge in [0.1, 0.15) is 12.2 Å². The lowest BCUT2D eigenvalue weighted by molar-refractivity contribution is -0.159. The van der Waals surface area contributed by atoms with Crippen LogP contribution in [0, 0.1) is 11.8 Å². The maximum Gasteiger partial charge on any atom is 0.308 e. The van der Waals surface area contributed by atoms with Crippen LogP contribution in [-0.2, 0) is 28.5 Å². The van der Waals surface area contributed by atoms with Crippen LogP contribution in [0.15, 0.2) is 0 Å². The van der Waals surface area contributed by atoms with Gasteiger partial charge < -0.3 is 18.9 Å². The largest absolute Gasteiger partial charge is 0.457 e. The first kappa shape index (κ1) is 15.3.